The van der Waals surface area contributed by atoms with Gasteiger partial charge in [-0.2, -0.15) is 0 Å². The Labute approximate surface area is 110 Å². The van der Waals surface area contributed by atoms with Crippen LogP contribution in [-0.2, 0) is 9.53 Å². The molecule has 18 heavy (non-hydrogen) atoms. The van der Waals surface area contributed by atoms with E-state index in [1.807, 2.05) is 11.9 Å². The van der Waals surface area contributed by atoms with E-state index in [4.69, 9.17) is 10.5 Å². The maximum absolute atomic E-state index is 12.5. The molecule has 4 heteroatoms. The SMILES string of the molecule is CC1C(N)CCCC1C(=O)N(C)CC1CCCO1. The van der Waals surface area contributed by atoms with Crippen molar-refractivity contribution in [2.75, 3.05) is 20.2 Å². The van der Waals surface area contributed by atoms with Gasteiger partial charge in [0.05, 0.1) is 6.10 Å². The highest BCUT2D eigenvalue weighted by molar-refractivity contribution is 5.79. The summed E-state index contributed by atoms with van der Waals surface area (Å²) in [6, 6.07) is 0.184. The van der Waals surface area contributed by atoms with Gasteiger partial charge < -0.3 is 15.4 Å². The Morgan fingerprint density at radius 3 is 2.78 bits per heavy atom. The van der Waals surface area contributed by atoms with Crippen molar-refractivity contribution in [3.63, 3.8) is 0 Å². The molecule has 104 valence electrons. The van der Waals surface area contributed by atoms with Gasteiger partial charge in [0.25, 0.3) is 0 Å². The quantitative estimate of drug-likeness (QED) is 0.828. The van der Waals surface area contributed by atoms with Crippen molar-refractivity contribution in [1.82, 2.24) is 4.90 Å². The summed E-state index contributed by atoms with van der Waals surface area (Å²) >= 11 is 0. The first-order valence-corrected chi connectivity index (χ1v) is 7.21. The molecule has 4 atom stereocenters. The zero-order chi connectivity index (χ0) is 13.1. The fourth-order valence-electron chi connectivity index (χ4n) is 3.21. The van der Waals surface area contributed by atoms with Crippen molar-refractivity contribution >= 4 is 5.91 Å². The third-order valence-electron chi connectivity index (χ3n) is 4.56. The lowest BCUT2D eigenvalue weighted by Gasteiger charge is -2.35. The van der Waals surface area contributed by atoms with E-state index in [1.165, 1.54) is 0 Å². The van der Waals surface area contributed by atoms with Gasteiger partial charge in [0.2, 0.25) is 5.91 Å². The van der Waals surface area contributed by atoms with Gasteiger partial charge in [0.1, 0.15) is 0 Å². The first-order valence-electron chi connectivity index (χ1n) is 7.21. The second-order valence-corrected chi connectivity index (χ2v) is 5.91. The highest BCUT2D eigenvalue weighted by Crippen LogP contribution is 2.30. The fraction of sp³-hybridized carbons (Fsp3) is 0.929. The van der Waals surface area contributed by atoms with Crippen LogP contribution in [-0.4, -0.2) is 43.2 Å². The lowest BCUT2D eigenvalue weighted by molar-refractivity contribution is -0.138. The van der Waals surface area contributed by atoms with Crippen LogP contribution in [0.4, 0.5) is 0 Å². The van der Waals surface area contributed by atoms with Crippen LogP contribution < -0.4 is 5.73 Å². The molecule has 1 aliphatic carbocycles. The Morgan fingerprint density at radius 1 is 1.33 bits per heavy atom. The zero-order valence-electron chi connectivity index (χ0n) is 11.6. The van der Waals surface area contributed by atoms with Gasteiger partial charge in [0, 0.05) is 32.2 Å². The predicted molar refractivity (Wildman–Crippen MR) is 71.1 cm³/mol. The summed E-state index contributed by atoms with van der Waals surface area (Å²) in [7, 11) is 1.90. The van der Waals surface area contributed by atoms with Crippen LogP contribution in [0.5, 0.6) is 0 Å². The molecule has 2 fully saturated rings. The Bertz CT molecular complexity index is 290. The van der Waals surface area contributed by atoms with E-state index >= 15 is 0 Å². The zero-order valence-corrected chi connectivity index (χ0v) is 11.6. The van der Waals surface area contributed by atoms with Gasteiger partial charge in [-0.05, 0) is 31.6 Å². The van der Waals surface area contributed by atoms with Crippen molar-refractivity contribution in [2.24, 2.45) is 17.6 Å². The average Bonchev–Trinajstić information content (AvgIpc) is 2.84. The Hall–Kier alpha value is -0.610. The molecule has 0 spiro atoms. The van der Waals surface area contributed by atoms with Crippen LogP contribution in [0.25, 0.3) is 0 Å². The number of amides is 1. The Morgan fingerprint density at radius 2 is 2.11 bits per heavy atom. The van der Waals surface area contributed by atoms with E-state index in [-0.39, 0.29) is 24.0 Å². The third-order valence-corrected chi connectivity index (χ3v) is 4.56. The van der Waals surface area contributed by atoms with Gasteiger partial charge in [-0.25, -0.2) is 0 Å². The lowest BCUT2D eigenvalue weighted by Crippen LogP contribution is -2.46. The molecule has 1 saturated carbocycles. The molecule has 4 nitrogen and oxygen atoms in total. The molecule has 1 heterocycles. The highest BCUT2D eigenvalue weighted by Gasteiger charge is 2.34. The van der Waals surface area contributed by atoms with Crippen LogP contribution in [0.15, 0.2) is 0 Å². The van der Waals surface area contributed by atoms with Crippen molar-refractivity contribution in [2.45, 2.75) is 51.2 Å². The predicted octanol–water partition coefficient (Wildman–Crippen LogP) is 1.39. The number of nitrogens with zero attached hydrogens (tertiary/aromatic N) is 1. The van der Waals surface area contributed by atoms with E-state index < -0.39 is 0 Å². The highest BCUT2D eigenvalue weighted by atomic mass is 16.5. The second kappa shape index (κ2) is 6.02. The minimum atomic E-state index is 0.111. The summed E-state index contributed by atoms with van der Waals surface area (Å²) < 4.78 is 5.59. The topological polar surface area (TPSA) is 55.6 Å². The minimum Gasteiger partial charge on any atom is -0.376 e. The Kier molecular flexibility index (Phi) is 4.62. The lowest BCUT2D eigenvalue weighted by atomic mass is 9.76. The number of carbonyl (C=O) groups excluding carboxylic acids is 1. The van der Waals surface area contributed by atoms with Crippen molar-refractivity contribution < 1.29 is 9.53 Å². The number of carbonyl (C=O) groups is 1. The standard InChI is InChI=1S/C14H26N2O2/c1-10-12(6-3-7-13(10)15)14(17)16(2)9-11-5-4-8-18-11/h10-13H,3-9,15H2,1-2H3. The van der Waals surface area contributed by atoms with Gasteiger partial charge >= 0.3 is 0 Å². The van der Waals surface area contributed by atoms with Crippen LogP contribution in [0.3, 0.4) is 0 Å². The fourth-order valence-corrected chi connectivity index (χ4v) is 3.21. The van der Waals surface area contributed by atoms with Crippen LogP contribution in [0.1, 0.15) is 39.0 Å². The molecule has 1 aliphatic heterocycles. The Balaban J connectivity index is 1.88. The van der Waals surface area contributed by atoms with E-state index in [9.17, 15) is 4.79 Å². The van der Waals surface area contributed by atoms with E-state index in [2.05, 4.69) is 6.92 Å². The van der Waals surface area contributed by atoms with E-state index in [0.717, 1.165) is 45.3 Å². The molecule has 2 rings (SSSR count). The summed E-state index contributed by atoms with van der Waals surface area (Å²) in [5, 5.41) is 0. The normalized spacial score (nSPS) is 36.6. The first-order chi connectivity index (χ1) is 8.59. The average molecular weight is 254 g/mol. The molecule has 0 aromatic heterocycles. The number of nitrogens with two attached hydrogens (primary N) is 1. The second-order valence-electron chi connectivity index (χ2n) is 5.91. The van der Waals surface area contributed by atoms with E-state index in [1.54, 1.807) is 0 Å². The van der Waals surface area contributed by atoms with Crippen molar-refractivity contribution in [1.29, 1.82) is 0 Å². The smallest absolute Gasteiger partial charge is 0.225 e. The van der Waals surface area contributed by atoms with Crippen molar-refractivity contribution in [3.05, 3.63) is 0 Å². The largest absolute Gasteiger partial charge is 0.376 e. The summed E-state index contributed by atoms with van der Waals surface area (Å²) in [6.45, 7) is 3.70. The van der Waals surface area contributed by atoms with Crippen LogP contribution >= 0.6 is 0 Å². The number of ether oxygens (including phenoxy) is 1. The number of likely N-dealkylation sites (N-methyl/N-ethyl adjacent to an activating group) is 1. The minimum absolute atomic E-state index is 0.111. The van der Waals surface area contributed by atoms with Gasteiger partial charge in [0.15, 0.2) is 0 Å². The first kappa shape index (κ1) is 13.8. The summed E-state index contributed by atoms with van der Waals surface area (Å²) in [5.74, 6) is 0.673. The van der Waals surface area contributed by atoms with Crippen molar-refractivity contribution in [3.8, 4) is 0 Å². The molecule has 0 radical (unpaired) electrons. The number of hydrogen-bond donors (Lipinski definition) is 1. The molecule has 1 saturated heterocycles. The van der Waals surface area contributed by atoms with Crippen LogP contribution in [0.2, 0.25) is 0 Å². The van der Waals surface area contributed by atoms with Crippen LogP contribution in [0, 0.1) is 11.8 Å². The molecule has 2 aliphatic rings. The molecule has 1 amide bonds. The third kappa shape index (κ3) is 3.04. The molecule has 0 aromatic rings. The maximum Gasteiger partial charge on any atom is 0.225 e. The summed E-state index contributed by atoms with van der Waals surface area (Å²) in [4.78, 5) is 14.3. The molecule has 2 N–H and O–H groups in total. The summed E-state index contributed by atoms with van der Waals surface area (Å²) in [5.41, 5.74) is 6.07. The molecular weight excluding hydrogens is 228 g/mol. The van der Waals surface area contributed by atoms with Gasteiger partial charge in [-0.3, -0.25) is 4.79 Å². The molecule has 0 aromatic carbocycles. The molecule has 4 unspecified atom stereocenters. The van der Waals surface area contributed by atoms with Gasteiger partial charge in [-0.1, -0.05) is 13.3 Å². The van der Waals surface area contributed by atoms with E-state index in [0.29, 0.717) is 5.92 Å². The molecular formula is C14H26N2O2. The number of rotatable bonds is 3. The monoisotopic (exact) mass is 254 g/mol. The summed E-state index contributed by atoms with van der Waals surface area (Å²) in [6.07, 6.45) is 5.57. The maximum atomic E-state index is 12.5. The number of hydrogen-bond acceptors (Lipinski definition) is 3. The van der Waals surface area contributed by atoms with Gasteiger partial charge in [-0.15, -0.1) is 0 Å². The molecule has 0 bridgehead atoms.